The van der Waals surface area contributed by atoms with Gasteiger partial charge in [0.25, 0.3) is 0 Å². The molecule has 1 atom stereocenters. The first-order valence-corrected chi connectivity index (χ1v) is 8.54. The summed E-state index contributed by atoms with van der Waals surface area (Å²) in [7, 11) is 0. The Morgan fingerprint density at radius 2 is 2.29 bits per heavy atom. The maximum absolute atomic E-state index is 11.1. The Balaban J connectivity index is 1.64. The molecule has 1 amide bonds. The van der Waals surface area contributed by atoms with Gasteiger partial charge in [-0.05, 0) is 19.3 Å². The van der Waals surface area contributed by atoms with Gasteiger partial charge < -0.3 is 10.2 Å². The average Bonchev–Trinajstić information content (AvgIpc) is 3.21. The van der Waals surface area contributed by atoms with Crippen LogP contribution in [-0.4, -0.2) is 38.7 Å². The molecule has 24 heavy (non-hydrogen) atoms. The van der Waals surface area contributed by atoms with Crippen molar-refractivity contribution in [2.75, 3.05) is 23.3 Å². The van der Waals surface area contributed by atoms with Crippen LogP contribution in [0.15, 0.2) is 24.7 Å². The molecule has 128 valence electrons. The van der Waals surface area contributed by atoms with Crippen molar-refractivity contribution in [1.82, 2.24) is 19.7 Å². The largest absolute Gasteiger partial charge is 0.354 e. The Morgan fingerprint density at radius 1 is 1.42 bits per heavy atom. The third-order valence-corrected chi connectivity index (χ3v) is 4.27. The van der Waals surface area contributed by atoms with Crippen LogP contribution in [0.3, 0.4) is 0 Å². The van der Waals surface area contributed by atoms with Crippen molar-refractivity contribution in [3.8, 4) is 0 Å². The lowest BCUT2D eigenvalue weighted by Crippen LogP contribution is -2.22. The number of nitrogens with one attached hydrogen (secondary N) is 1. The van der Waals surface area contributed by atoms with E-state index in [9.17, 15) is 4.79 Å². The number of anilines is 2. The van der Waals surface area contributed by atoms with Crippen LogP contribution in [0.2, 0.25) is 0 Å². The maximum atomic E-state index is 11.1. The van der Waals surface area contributed by atoms with Crippen LogP contribution >= 0.6 is 0 Å². The second-order valence-electron chi connectivity index (χ2n) is 6.22. The van der Waals surface area contributed by atoms with E-state index >= 15 is 0 Å². The molecule has 2 aromatic heterocycles. The van der Waals surface area contributed by atoms with Crippen LogP contribution in [0, 0.1) is 0 Å². The number of aromatic nitrogens is 4. The van der Waals surface area contributed by atoms with Gasteiger partial charge in [0, 0.05) is 44.0 Å². The van der Waals surface area contributed by atoms with E-state index in [1.807, 2.05) is 16.9 Å². The standard InChI is InChI=1S/C17H24N6O/c1-3-4-5-14-10-17(19-12-18-14)22-8-6-15(11-22)23-9-7-16(21-23)20-13(2)24/h7,9-10,12,15H,3-6,8,11H2,1-2H3,(H,20,21,24). The summed E-state index contributed by atoms with van der Waals surface area (Å²) in [5.41, 5.74) is 1.11. The highest BCUT2D eigenvalue weighted by molar-refractivity contribution is 5.87. The van der Waals surface area contributed by atoms with Crippen molar-refractivity contribution in [1.29, 1.82) is 0 Å². The van der Waals surface area contributed by atoms with Crippen LogP contribution in [0.1, 0.15) is 44.8 Å². The maximum Gasteiger partial charge on any atom is 0.222 e. The van der Waals surface area contributed by atoms with E-state index in [4.69, 9.17) is 0 Å². The molecular weight excluding hydrogens is 304 g/mol. The molecular formula is C17H24N6O. The van der Waals surface area contributed by atoms with E-state index in [0.717, 1.165) is 43.9 Å². The van der Waals surface area contributed by atoms with Gasteiger partial charge in [-0.15, -0.1) is 0 Å². The van der Waals surface area contributed by atoms with Gasteiger partial charge in [0.15, 0.2) is 5.82 Å². The quantitative estimate of drug-likeness (QED) is 0.881. The van der Waals surface area contributed by atoms with E-state index in [0.29, 0.717) is 11.9 Å². The summed E-state index contributed by atoms with van der Waals surface area (Å²) in [6.07, 6.45) is 7.92. The van der Waals surface area contributed by atoms with Crippen LogP contribution < -0.4 is 10.2 Å². The number of amides is 1. The number of hydrogen-bond acceptors (Lipinski definition) is 5. The van der Waals surface area contributed by atoms with Crippen molar-refractivity contribution in [2.24, 2.45) is 0 Å². The summed E-state index contributed by atoms with van der Waals surface area (Å²) in [6.45, 7) is 5.49. The minimum atomic E-state index is -0.103. The normalized spacial score (nSPS) is 17.2. The minimum Gasteiger partial charge on any atom is -0.354 e. The van der Waals surface area contributed by atoms with E-state index in [-0.39, 0.29) is 5.91 Å². The Morgan fingerprint density at radius 3 is 3.08 bits per heavy atom. The Kier molecular flexibility index (Phi) is 5.08. The fourth-order valence-corrected chi connectivity index (χ4v) is 3.01. The van der Waals surface area contributed by atoms with Gasteiger partial charge in [-0.1, -0.05) is 13.3 Å². The molecule has 1 fully saturated rings. The van der Waals surface area contributed by atoms with Crippen molar-refractivity contribution in [2.45, 2.75) is 45.6 Å². The third-order valence-electron chi connectivity index (χ3n) is 4.27. The van der Waals surface area contributed by atoms with Crippen molar-refractivity contribution in [3.05, 3.63) is 30.4 Å². The van der Waals surface area contributed by atoms with Gasteiger partial charge in [-0.2, -0.15) is 5.10 Å². The highest BCUT2D eigenvalue weighted by Crippen LogP contribution is 2.26. The highest BCUT2D eigenvalue weighted by atomic mass is 16.1. The topological polar surface area (TPSA) is 75.9 Å². The van der Waals surface area contributed by atoms with Crippen molar-refractivity contribution < 1.29 is 4.79 Å². The van der Waals surface area contributed by atoms with Gasteiger partial charge in [0.05, 0.1) is 6.04 Å². The van der Waals surface area contributed by atoms with E-state index in [2.05, 4.69) is 38.3 Å². The molecule has 0 bridgehead atoms. The third kappa shape index (κ3) is 3.90. The number of carbonyl (C=O) groups excluding carboxylic acids is 1. The van der Waals surface area contributed by atoms with Gasteiger partial charge in [0.1, 0.15) is 12.1 Å². The first kappa shape index (κ1) is 16.4. The smallest absolute Gasteiger partial charge is 0.222 e. The lowest BCUT2D eigenvalue weighted by atomic mass is 10.2. The molecule has 0 radical (unpaired) electrons. The fourth-order valence-electron chi connectivity index (χ4n) is 3.01. The number of hydrogen-bond donors (Lipinski definition) is 1. The summed E-state index contributed by atoms with van der Waals surface area (Å²) in [5.74, 6) is 1.49. The number of aryl methyl sites for hydroxylation is 1. The molecule has 3 heterocycles. The zero-order valence-electron chi connectivity index (χ0n) is 14.3. The first-order valence-electron chi connectivity index (χ1n) is 8.54. The lowest BCUT2D eigenvalue weighted by Gasteiger charge is -2.18. The minimum absolute atomic E-state index is 0.103. The molecule has 0 aliphatic carbocycles. The van der Waals surface area contributed by atoms with Crippen LogP contribution in [0.25, 0.3) is 0 Å². The molecule has 1 aliphatic rings. The second-order valence-corrected chi connectivity index (χ2v) is 6.22. The fraction of sp³-hybridized carbons (Fsp3) is 0.529. The number of rotatable bonds is 6. The zero-order chi connectivity index (χ0) is 16.9. The molecule has 3 rings (SSSR count). The molecule has 0 saturated carbocycles. The van der Waals surface area contributed by atoms with Gasteiger partial charge in [-0.3, -0.25) is 9.48 Å². The highest BCUT2D eigenvalue weighted by Gasteiger charge is 2.25. The predicted molar refractivity (Wildman–Crippen MR) is 93.0 cm³/mol. The lowest BCUT2D eigenvalue weighted by molar-refractivity contribution is -0.114. The molecule has 2 aromatic rings. The Labute approximate surface area is 142 Å². The van der Waals surface area contributed by atoms with Gasteiger partial charge in [-0.25, -0.2) is 9.97 Å². The number of nitrogens with zero attached hydrogens (tertiary/aromatic N) is 5. The van der Waals surface area contributed by atoms with E-state index in [1.54, 1.807) is 6.33 Å². The SMILES string of the molecule is CCCCc1cc(N2CCC(n3ccc(NC(C)=O)n3)C2)ncn1. The summed E-state index contributed by atoms with van der Waals surface area (Å²) in [5, 5.41) is 7.16. The van der Waals surface area contributed by atoms with Gasteiger partial charge in [0.2, 0.25) is 5.91 Å². The zero-order valence-corrected chi connectivity index (χ0v) is 14.3. The molecule has 1 unspecified atom stereocenters. The first-order chi connectivity index (χ1) is 11.7. The summed E-state index contributed by atoms with van der Waals surface area (Å²) >= 11 is 0. The molecule has 7 heteroatoms. The molecule has 1 saturated heterocycles. The van der Waals surface area contributed by atoms with Gasteiger partial charge >= 0.3 is 0 Å². The summed E-state index contributed by atoms with van der Waals surface area (Å²) < 4.78 is 1.93. The monoisotopic (exact) mass is 328 g/mol. The molecule has 1 N–H and O–H groups in total. The molecule has 7 nitrogen and oxygen atoms in total. The van der Waals surface area contributed by atoms with Crippen LogP contribution in [-0.2, 0) is 11.2 Å². The van der Waals surface area contributed by atoms with Crippen molar-refractivity contribution in [3.63, 3.8) is 0 Å². The average molecular weight is 328 g/mol. The number of unbranched alkanes of at least 4 members (excludes halogenated alkanes) is 1. The molecule has 1 aliphatic heterocycles. The van der Waals surface area contributed by atoms with Crippen molar-refractivity contribution >= 4 is 17.5 Å². The summed E-state index contributed by atoms with van der Waals surface area (Å²) in [6, 6.07) is 4.23. The second kappa shape index (κ2) is 7.42. The molecule has 0 spiro atoms. The number of carbonyl (C=O) groups is 1. The van der Waals surface area contributed by atoms with E-state index < -0.39 is 0 Å². The summed E-state index contributed by atoms with van der Waals surface area (Å²) in [4.78, 5) is 22.2. The Bertz CT molecular complexity index is 698. The van der Waals surface area contributed by atoms with Crippen LogP contribution in [0.4, 0.5) is 11.6 Å². The molecule has 0 aromatic carbocycles. The Hall–Kier alpha value is -2.44. The van der Waals surface area contributed by atoms with Crippen LogP contribution in [0.5, 0.6) is 0 Å². The van der Waals surface area contributed by atoms with E-state index in [1.165, 1.54) is 13.3 Å². The predicted octanol–water partition coefficient (Wildman–Crippen LogP) is 2.43.